The Labute approximate surface area is 129 Å². The molecule has 1 saturated heterocycles. The molecule has 21 heavy (non-hydrogen) atoms. The highest BCUT2D eigenvalue weighted by atomic mass is 15.3. The van der Waals surface area contributed by atoms with Gasteiger partial charge in [-0.1, -0.05) is 20.8 Å². The zero-order valence-electron chi connectivity index (χ0n) is 14.2. The van der Waals surface area contributed by atoms with E-state index in [1.807, 2.05) is 0 Å². The number of hydrogen-bond donors (Lipinski definition) is 1. The van der Waals surface area contributed by atoms with Gasteiger partial charge >= 0.3 is 0 Å². The van der Waals surface area contributed by atoms with Gasteiger partial charge in [-0.05, 0) is 39.5 Å². The van der Waals surface area contributed by atoms with E-state index in [1.54, 1.807) is 0 Å². The Bertz CT molecular complexity index is 472. The van der Waals surface area contributed by atoms with Gasteiger partial charge < -0.3 is 10.2 Å². The van der Waals surface area contributed by atoms with Gasteiger partial charge in [-0.15, -0.1) is 0 Å². The molecule has 0 amide bonds. The molecule has 0 spiro atoms. The van der Waals surface area contributed by atoms with E-state index in [9.17, 15) is 0 Å². The molecule has 1 aromatic rings. The van der Waals surface area contributed by atoms with E-state index in [0.717, 1.165) is 36.8 Å². The highest BCUT2D eigenvalue weighted by Crippen LogP contribution is 2.34. The van der Waals surface area contributed by atoms with Crippen molar-refractivity contribution in [1.29, 1.82) is 0 Å². The fourth-order valence-corrected chi connectivity index (χ4v) is 3.23. The molecule has 1 N–H and O–H groups in total. The highest BCUT2D eigenvalue weighted by molar-refractivity contribution is 5.60. The second-order valence-electron chi connectivity index (χ2n) is 6.11. The first-order chi connectivity index (χ1) is 10.1. The molecule has 0 bridgehead atoms. The maximum Gasteiger partial charge on any atom is 0.137 e. The van der Waals surface area contributed by atoms with Crippen LogP contribution in [0.1, 0.15) is 64.8 Å². The number of aromatic nitrogens is 2. The lowest BCUT2D eigenvalue weighted by Gasteiger charge is -2.31. The Morgan fingerprint density at radius 2 is 1.95 bits per heavy atom. The van der Waals surface area contributed by atoms with Crippen LogP contribution in [0.5, 0.6) is 0 Å². The van der Waals surface area contributed by atoms with Gasteiger partial charge in [0.25, 0.3) is 0 Å². The van der Waals surface area contributed by atoms with E-state index in [-0.39, 0.29) is 0 Å². The summed E-state index contributed by atoms with van der Waals surface area (Å²) in [6, 6.07) is 1.20. The van der Waals surface area contributed by atoms with E-state index < -0.39 is 0 Å². The van der Waals surface area contributed by atoms with Crippen molar-refractivity contribution < 1.29 is 0 Å². The van der Waals surface area contributed by atoms with E-state index in [2.05, 4.69) is 49.8 Å². The number of anilines is 2. The molecule has 2 rings (SSSR count). The highest BCUT2D eigenvalue weighted by Gasteiger charge is 2.32. The molecule has 4 nitrogen and oxygen atoms in total. The molecule has 0 aliphatic carbocycles. The van der Waals surface area contributed by atoms with Crippen molar-refractivity contribution >= 4 is 11.6 Å². The van der Waals surface area contributed by atoms with Crippen LogP contribution < -0.4 is 10.2 Å². The zero-order chi connectivity index (χ0) is 15.4. The molecular weight excluding hydrogens is 260 g/mol. The summed E-state index contributed by atoms with van der Waals surface area (Å²) in [7, 11) is 0. The standard InChI is InChI=1S/C17H30N4/c1-6-11-18-16-13(5)17(20-15(8-3)19-16)21-12(4)9-10-14(21)7-2/h12,14H,6-11H2,1-5H3,(H,18,19,20). The number of nitrogens with zero attached hydrogens (tertiary/aromatic N) is 3. The average molecular weight is 290 g/mol. The van der Waals surface area contributed by atoms with E-state index >= 15 is 0 Å². The Hall–Kier alpha value is -1.32. The van der Waals surface area contributed by atoms with Gasteiger partial charge in [0.15, 0.2) is 0 Å². The number of nitrogens with one attached hydrogen (secondary N) is 1. The fraction of sp³-hybridized carbons (Fsp3) is 0.765. The van der Waals surface area contributed by atoms with Crippen LogP contribution in [0.2, 0.25) is 0 Å². The quantitative estimate of drug-likeness (QED) is 0.861. The largest absolute Gasteiger partial charge is 0.370 e. The van der Waals surface area contributed by atoms with Crippen LogP contribution in [-0.4, -0.2) is 28.6 Å². The van der Waals surface area contributed by atoms with Crippen molar-refractivity contribution in [3.63, 3.8) is 0 Å². The third-order valence-corrected chi connectivity index (χ3v) is 4.53. The predicted molar refractivity (Wildman–Crippen MR) is 90.2 cm³/mol. The van der Waals surface area contributed by atoms with Crippen molar-refractivity contribution in [2.24, 2.45) is 0 Å². The Kier molecular flexibility index (Phi) is 5.43. The summed E-state index contributed by atoms with van der Waals surface area (Å²) in [4.78, 5) is 12.1. The van der Waals surface area contributed by atoms with Crippen molar-refractivity contribution in [1.82, 2.24) is 9.97 Å². The van der Waals surface area contributed by atoms with Gasteiger partial charge in [-0.2, -0.15) is 0 Å². The summed E-state index contributed by atoms with van der Waals surface area (Å²) in [5.41, 5.74) is 1.20. The van der Waals surface area contributed by atoms with Gasteiger partial charge in [0.2, 0.25) is 0 Å². The molecule has 2 heterocycles. The first-order valence-corrected chi connectivity index (χ1v) is 8.51. The zero-order valence-corrected chi connectivity index (χ0v) is 14.2. The number of hydrogen-bond acceptors (Lipinski definition) is 4. The van der Waals surface area contributed by atoms with Crippen LogP contribution in [0.3, 0.4) is 0 Å². The van der Waals surface area contributed by atoms with Crippen LogP contribution in [-0.2, 0) is 6.42 Å². The molecule has 0 radical (unpaired) electrons. The molecule has 1 aromatic heterocycles. The van der Waals surface area contributed by atoms with Crippen LogP contribution in [0.25, 0.3) is 0 Å². The first kappa shape index (κ1) is 16.1. The molecule has 1 aliphatic heterocycles. The molecular formula is C17H30N4. The maximum absolute atomic E-state index is 4.86. The van der Waals surface area contributed by atoms with Crippen LogP contribution in [0, 0.1) is 6.92 Å². The Morgan fingerprint density at radius 3 is 2.57 bits per heavy atom. The number of aryl methyl sites for hydroxylation is 1. The fourth-order valence-electron chi connectivity index (χ4n) is 3.23. The van der Waals surface area contributed by atoms with Crippen LogP contribution >= 0.6 is 0 Å². The van der Waals surface area contributed by atoms with Gasteiger partial charge in [0.05, 0.1) is 0 Å². The van der Waals surface area contributed by atoms with Crippen molar-refractivity contribution in [2.45, 2.75) is 78.8 Å². The molecule has 2 atom stereocenters. The Morgan fingerprint density at radius 1 is 1.19 bits per heavy atom. The minimum atomic E-state index is 0.576. The lowest BCUT2D eigenvalue weighted by atomic mass is 10.1. The van der Waals surface area contributed by atoms with E-state index in [0.29, 0.717) is 12.1 Å². The summed E-state index contributed by atoms with van der Waals surface area (Å²) in [6.07, 6.45) is 5.72. The van der Waals surface area contributed by atoms with Gasteiger partial charge in [-0.25, -0.2) is 9.97 Å². The molecule has 1 aliphatic rings. The second-order valence-corrected chi connectivity index (χ2v) is 6.11. The predicted octanol–water partition coefficient (Wildman–Crippen LogP) is 3.94. The van der Waals surface area contributed by atoms with Crippen molar-refractivity contribution in [3.8, 4) is 0 Å². The summed E-state index contributed by atoms with van der Waals surface area (Å²) in [5.74, 6) is 3.12. The molecule has 2 unspecified atom stereocenters. The third kappa shape index (κ3) is 3.30. The molecule has 118 valence electrons. The molecule has 1 fully saturated rings. The smallest absolute Gasteiger partial charge is 0.137 e. The molecule has 0 aromatic carbocycles. The minimum absolute atomic E-state index is 0.576. The molecule has 4 heteroatoms. The van der Waals surface area contributed by atoms with E-state index in [1.165, 1.54) is 24.8 Å². The summed E-state index contributed by atoms with van der Waals surface area (Å²) in [5, 5.41) is 3.47. The number of rotatable bonds is 6. The maximum atomic E-state index is 4.86. The van der Waals surface area contributed by atoms with Crippen LogP contribution in [0.15, 0.2) is 0 Å². The topological polar surface area (TPSA) is 41.1 Å². The summed E-state index contributed by atoms with van der Waals surface area (Å²) < 4.78 is 0. The van der Waals surface area contributed by atoms with Crippen molar-refractivity contribution in [2.75, 3.05) is 16.8 Å². The minimum Gasteiger partial charge on any atom is -0.370 e. The SMILES string of the molecule is CCCNc1nc(CC)nc(N2C(C)CCC2CC)c1C. The van der Waals surface area contributed by atoms with Crippen LogP contribution in [0.4, 0.5) is 11.6 Å². The monoisotopic (exact) mass is 290 g/mol. The normalized spacial score (nSPS) is 21.9. The van der Waals surface area contributed by atoms with Crippen molar-refractivity contribution in [3.05, 3.63) is 11.4 Å². The summed E-state index contributed by atoms with van der Waals surface area (Å²) >= 11 is 0. The molecule has 0 saturated carbocycles. The van der Waals surface area contributed by atoms with Gasteiger partial charge in [0, 0.05) is 30.6 Å². The average Bonchev–Trinajstić information content (AvgIpc) is 2.87. The lowest BCUT2D eigenvalue weighted by Crippen LogP contribution is -2.36. The second kappa shape index (κ2) is 7.10. The van der Waals surface area contributed by atoms with Gasteiger partial charge in [0.1, 0.15) is 17.5 Å². The van der Waals surface area contributed by atoms with E-state index in [4.69, 9.17) is 4.98 Å². The first-order valence-electron chi connectivity index (χ1n) is 8.51. The third-order valence-electron chi connectivity index (χ3n) is 4.53. The Balaban J connectivity index is 2.41. The lowest BCUT2D eigenvalue weighted by molar-refractivity contribution is 0.617. The summed E-state index contributed by atoms with van der Waals surface area (Å²) in [6.45, 7) is 12.0. The van der Waals surface area contributed by atoms with Gasteiger partial charge in [-0.3, -0.25) is 0 Å².